The second kappa shape index (κ2) is 5.18. The van der Waals surface area contributed by atoms with Crippen molar-refractivity contribution in [2.45, 2.75) is 39.2 Å². The van der Waals surface area contributed by atoms with Gasteiger partial charge in [0.2, 0.25) is 17.7 Å². The number of hydrogen-bond donors (Lipinski definition) is 0. The fourth-order valence-corrected chi connectivity index (χ4v) is 5.14. The summed E-state index contributed by atoms with van der Waals surface area (Å²) in [5.41, 5.74) is 0. The Balaban J connectivity index is 1.49. The van der Waals surface area contributed by atoms with Crippen LogP contribution in [0.5, 0.6) is 0 Å². The second-order valence-corrected chi connectivity index (χ2v) is 7.80. The molecule has 5 unspecified atom stereocenters. The standard InChI is InChI=1S/C18H24N2O3/c1-10(2)13-4-3-7-19(13)14(21)9-20-17(22)15-11-5-6-12(8-11)16(15)18(20)23/h5-6,10-13,15-16H,3-4,7-9H2,1-2H3. The summed E-state index contributed by atoms with van der Waals surface area (Å²) in [6.07, 6.45) is 7.12. The van der Waals surface area contributed by atoms with Crippen molar-refractivity contribution in [3.05, 3.63) is 12.2 Å². The summed E-state index contributed by atoms with van der Waals surface area (Å²) < 4.78 is 0. The number of hydrogen-bond acceptors (Lipinski definition) is 3. The maximum Gasteiger partial charge on any atom is 0.243 e. The summed E-state index contributed by atoms with van der Waals surface area (Å²) in [4.78, 5) is 41.1. The highest BCUT2D eigenvalue weighted by Gasteiger charge is 2.59. The minimum Gasteiger partial charge on any atom is -0.338 e. The molecule has 23 heavy (non-hydrogen) atoms. The van der Waals surface area contributed by atoms with Crippen molar-refractivity contribution in [3.8, 4) is 0 Å². The van der Waals surface area contributed by atoms with Gasteiger partial charge in [-0.25, -0.2) is 0 Å². The van der Waals surface area contributed by atoms with E-state index in [1.54, 1.807) is 0 Å². The van der Waals surface area contributed by atoms with Crippen LogP contribution in [0.25, 0.3) is 0 Å². The first-order valence-corrected chi connectivity index (χ1v) is 8.82. The predicted molar refractivity (Wildman–Crippen MR) is 84.0 cm³/mol. The highest BCUT2D eigenvalue weighted by atomic mass is 16.2. The van der Waals surface area contributed by atoms with E-state index >= 15 is 0 Å². The molecule has 2 aliphatic carbocycles. The van der Waals surface area contributed by atoms with E-state index in [9.17, 15) is 14.4 Å². The first-order chi connectivity index (χ1) is 11.0. The Hall–Kier alpha value is -1.65. The first-order valence-electron chi connectivity index (χ1n) is 8.82. The highest BCUT2D eigenvalue weighted by molar-refractivity contribution is 6.08. The molecule has 0 spiro atoms. The monoisotopic (exact) mass is 316 g/mol. The molecular weight excluding hydrogens is 292 g/mol. The van der Waals surface area contributed by atoms with Crippen molar-refractivity contribution in [3.63, 3.8) is 0 Å². The summed E-state index contributed by atoms with van der Waals surface area (Å²) in [7, 11) is 0. The van der Waals surface area contributed by atoms with Gasteiger partial charge in [-0.05, 0) is 37.0 Å². The molecule has 3 amide bonds. The third-order valence-electron chi connectivity index (χ3n) is 6.24. The Morgan fingerprint density at radius 1 is 1.17 bits per heavy atom. The van der Waals surface area contributed by atoms with Gasteiger partial charge in [0.1, 0.15) is 6.54 Å². The van der Waals surface area contributed by atoms with E-state index in [0.717, 1.165) is 25.8 Å². The van der Waals surface area contributed by atoms with Crippen molar-refractivity contribution in [2.75, 3.05) is 13.1 Å². The molecule has 4 rings (SSSR count). The van der Waals surface area contributed by atoms with Gasteiger partial charge in [-0.2, -0.15) is 0 Å². The molecule has 3 fully saturated rings. The van der Waals surface area contributed by atoms with Gasteiger partial charge in [0.05, 0.1) is 11.8 Å². The number of amides is 3. The largest absolute Gasteiger partial charge is 0.338 e. The molecule has 5 nitrogen and oxygen atoms in total. The average molecular weight is 316 g/mol. The number of carbonyl (C=O) groups is 3. The smallest absolute Gasteiger partial charge is 0.243 e. The van der Waals surface area contributed by atoms with Crippen LogP contribution in [0.1, 0.15) is 33.1 Å². The van der Waals surface area contributed by atoms with Crippen LogP contribution in [0.2, 0.25) is 0 Å². The molecule has 2 saturated heterocycles. The lowest BCUT2D eigenvalue weighted by Crippen LogP contribution is -2.46. The van der Waals surface area contributed by atoms with Gasteiger partial charge in [0.15, 0.2) is 0 Å². The van der Waals surface area contributed by atoms with Crippen molar-refractivity contribution in [2.24, 2.45) is 29.6 Å². The van der Waals surface area contributed by atoms with Crippen molar-refractivity contribution < 1.29 is 14.4 Å². The normalized spacial score (nSPS) is 38.3. The summed E-state index contributed by atoms with van der Waals surface area (Å²) in [5, 5.41) is 0. The van der Waals surface area contributed by atoms with E-state index in [0.29, 0.717) is 5.92 Å². The van der Waals surface area contributed by atoms with Crippen LogP contribution < -0.4 is 0 Å². The first kappa shape index (κ1) is 14.9. The summed E-state index contributed by atoms with van der Waals surface area (Å²) in [6.45, 7) is 4.93. The molecule has 0 aromatic heterocycles. The number of likely N-dealkylation sites (tertiary alicyclic amines) is 2. The minimum absolute atomic E-state index is 0.0622. The van der Waals surface area contributed by atoms with E-state index < -0.39 is 0 Å². The molecule has 0 aromatic rings. The molecule has 5 heteroatoms. The van der Waals surface area contributed by atoms with Gasteiger partial charge in [-0.15, -0.1) is 0 Å². The van der Waals surface area contributed by atoms with E-state index in [4.69, 9.17) is 0 Å². The SMILES string of the molecule is CC(C)C1CCCN1C(=O)CN1C(=O)C2C3C=CC(C3)C2C1=O. The van der Waals surface area contributed by atoms with Gasteiger partial charge >= 0.3 is 0 Å². The van der Waals surface area contributed by atoms with Crippen LogP contribution in [0.15, 0.2) is 12.2 Å². The zero-order valence-corrected chi connectivity index (χ0v) is 13.8. The zero-order chi connectivity index (χ0) is 16.3. The van der Waals surface area contributed by atoms with Gasteiger partial charge in [0, 0.05) is 12.6 Å². The molecule has 2 aliphatic heterocycles. The third kappa shape index (κ3) is 2.08. The van der Waals surface area contributed by atoms with Crippen LogP contribution in [-0.4, -0.2) is 46.7 Å². The molecule has 0 aromatic carbocycles. The lowest BCUT2D eigenvalue weighted by molar-refractivity contribution is -0.147. The quantitative estimate of drug-likeness (QED) is 0.585. The third-order valence-corrected chi connectivity index (χ3v) is 6.24. The highest BCUT2D eigenvalue weighted by Crippen LogP contribution is 2.52. The number of fused-ring (bicyclic) bond motifs is 5. The fourth-order valence-electron chi connectivity index (χ4n) is 5.14. The van der Waals surface area contributed by atoms with Crippen molar-refractivity contribution in [1.82, 2.24) is 9.80 Å². The number of allylic oxidation sites excluding steroid dienone is 2. The maximum atomic E-state index is 12.7. The van der Waals surface area contributed by atoms with E-state index in [2.05, 4.69) is 26.0 Å². The van der Waals surface area contributed by atoms with Crippen molar-refractivity contribution >= 4 is 17.7 Å². The predicted octanol–water partition coefficient (Wildman–Crippen LogP) is 1.44. The van der Waals surface area contributed by atoms with E-state index in [-0.39, 0.29) is 54.0 Å². The molecule has 4 aliphatic rings. The Bertz CT molecular complexity index is 567. The Morgan fingerprint density at radius 2 is 1.78 bits per heavy atom. The average Bonchev–Trinajstić information content (AvgIpc) is 3.26. The van der Waals surface area contributed by atoms with Crippen LogP contribution in [0.4, 0.5) is 0 Å². The number of carbonyl (C=O) groups excluding carboxylic acids is 3. The second-order valence-electron chi connectivity index (χ2n) is 7.80. The fraction of sp³-hybridized carbons (Fsp3) is 0.722. The summed E-state index contributed by atoms with van der Waals surface area (Å²) in [6, 6.07) is 0.243. The van der Waals surface area contributed by atoms with Gasteiger partial charge in [0.25, 0.3) is 0 Å². The molecular formula is C18H24N2O3. The molecule has 2 bridgehead atoms. The van der Waals surface area contributed by atoms with Crippen LogP contribution >= 0.6 is 0 Å². The topological polar surface area (TPSA) is 57.7 Å². The molecule has 1 saturated carbocycles. The number of nitrogens with zero attached hydrogens (tertiary/aromatic N) is 2. The zero-order valence-electron chi connectivity index (χ0n) is 13.8. The molecule has 124 valence electrons. The van der Waals surface area contributed by atoms with Crippen LogP contribution in [0, 0.1) is 29.6 Å². The number of imide groups is 1. The van der Waals surface area contributed by atoms with Crippen LogP contribution in [-0.2, 0) is 14.4 Å². The lowest BCUT2D eigenvalue weighted by Gasteiger charge is -2.29. The molecule has 0 radical (unpaired) electrons. The maximum absolute atomic E-state index is 12.7. The van der Waals surface area contributed by atoms with E-state index in [1.807, 2.05) is 4.90 Å². The van der Waals surface area contributed by atoms with Crippen molar-refractivity contribution in [1.29, 1.82) is 0 Å². The summed E-state index contributed by atoms with van der Waals surface area (Å²) in [5.74, 6) is 0.105. The van der Waals surface area contributed by atoms with Gasteiger partial charge < -0.3 is 4.90 Å². The number of rotatable bonds is 3. The molecule has 2 heterocycles. The Labute approximate surface area is 136 Å². The van der Waals surface area contributed by atoms with Gasteiger partial charge in [-0.3, -0.25) is 19.3 Å². The molecule has 5 atom stereocenters. The van der Waals surface area contributed by atoms with E-state index in [1.165, 1.54) is 4.90 Å². The molecule has 0 N–H and O–H groups in total. The minimum atomic E-state index is -0.204. The van der Waals surface area contributed by atoms with Gasteiger partial charge in [-0.1, -0.05) is 26.0 Å². The lowest BCUT2D eigenvalue weighted by atomic mass is 9.85. The Kier molecular flexibility index (Phi) is 3.36. The van der Waals surface area contributed by atoms with Crippen LogP contribution in [0.3, 0.4) is 0 Å². The summed E-state index contributed by atoms with van der Waals surface area (Å²) >= 11 is 0. The Morgan fingerprint density at radius 3 is 2.35 bits per heavy atom.